The van der Waals surface area contributed by atoms with Crippen molar-refractivity contribution in [3.05, 3.63) is 308 Å². The molecule has 0 atom stereocenters. The second kappa shape index (κ2) is 20.8. The third-order valence-electron chi connectivity index (χ3n) is 19.3. The summed E-state index contributed by atoms with van der Waals surface area (Å²) in [6.45, 7) is 0. The Morgan fingerprint density at radius 2 is 0.726 bits per heavy atom. The minimum Gasteiger partial charge on any atom is -0.456 e. The summed E-state index contributed by atoms with van der Waals surface area (Å²) in [4.78, 5) is 19.3. The summed E-state index contributed by atoms with van der Waals surface area (Å²) in [6.07, 6.45) is 0.996. The van der Waals surface area contributed by atoms with Gasteiger partial charge in [0.25, 0.3) is 0 Å². The monoisotopic (exact) mass is 1240 g/mol. The molecule has 0 unspecified atom stereocenters. The highest BCUT2D eigenvalue weighted by molar-refractivity contribution is 6.37. The summed E-state index contributed by atoms with van der Waals surface area (Å²) in [5.41, 5.74) is 20.5. The zero-order valence-corrected chi connectivity index (χ0v) is 51.5. The number of aromatic nitrogens is 7. The molecule has 0 spiro atoms. The highest BCUT2D eigenvalue weighted by Gasteiger charge is 2.31. The standard InChI is InChI=1S/C42H24N4O.C29H19N.C14H7ClN2O/c1-2-13-25(14-3-1)45-32-21-9-7-18-29(32)37-40(45)27-16-5-4-15-26(27)36-28-17-6-10-22-33(28)46(41(36)37)42-43-31-20-12-24-35-38(31)39(44-42)30-19-8-11-23-34(30)47-35;1-2-11-20(12-3-1)30-26-17-9-8-16-24(26)28-25-18-19-10-4-5-13-21(19)27(25)22-14-6-7-15-23(22)29(28)30;15-14-16-9-5-3-7-11-12(9)13(17-14)8-4-1-2-6-10(8)18-11/h1-24H;1-17H,18H2;1-7H. The fourth-order valence-corrected chi connectivity index (χ4v) is 15.7. The van der Waals surface area contributed by atoms with Crippen LogP contribution in [0.5, 0.6) is 23.0 Å². The molecule has 0 N–H and O–H groups in total. The Hall–Kier alpha value is -12.4. The van der Waals surface area contributed by atoms with Crippen LogP contribution in [-0.4, -0.2) is 33.6 Å². The van der Waals surface area contributed by atoms with Crippen molar-refractivity contribution in [1.29, 1.82) is 0 Å². The fraction of sp³-hybridized carbons (Fsp3) is 0.0118. The molecule has 0 fully saturated rings. The summed E-state index contributed by atoms with van der Waals surface area (Å²) in [6, 6.07) is 102. The van der Waals surface area contributed by atoms with E-state index < -0.39 is 0 Å². The van der Waals surface area contributed by atoms with Crippen LogP contribution in [0.3, 0.4) is 0 Å². The maximum atomic E-state index is 6.33. The molecule has 7 heterocycles. The van der Waals surface area contributed by atoms with Gasteiger partial charge in [0, 0.05) is 65.6 Å². The van der Waals surface area contributed by atoms with Crippen molar-refractivity contribution < 1.29 is 9.47 Å². The smallest absolute Gasteiger partial charge is 0.235 e. The van der Waals surface area contributed by atoms with Crippen molar-refractivity contribution >= 4 is 120 Å². The molecule has 22 rings (SSSR count). The number of benzene rings is 14. The van der Waals surface area contributed by atoms with Crippen LogP contribution in [0, 0.1) is 0 Å². The van der Waals surface area contributed by atoms with Crippen molar-refractivity contribution in [2.45, 2.75) is 6.42 Å². The Morgan fingerprint density at radius 1 is 0.295 bits per heavy atom. The Morgan fingerprint density at radius 3 is 1.34 bits per heavy atom. The van der Waals surface area contributed by atoms with Gasteiger partial charge in [-0.25, -0.2) is 19.9 Å². The van der Waals surface area contributed by atoms with Gasteiger partial charge < -0.3 is 18.6 Å². The van der Waals surface area contributed by atoms with Crippen LogP contribution in [-0.2, 0) is 6.42 Å². The Bertz CT molecular complexity index is 6470. The van der Waals surface area contributed by atoms with Crippen LogP contribution in [0.25, 0.3) is 160 Å². The van der Waals surface area contributed by atoms with Crippen molar-refractivity contribution in [2.75, 3.05) is 0 Å². The molecule has 19 aromatic rings. The molecule has 14 aromatic carbocycles. The Balaban J connectivity index is 0.000000109. The average Bonchev–Trinajstić information content (AvgIpc) is 1.54. The van der Waals surface area contributed by atoms with Crippen molar-refractivity contribution in [2.24, 2.45) is 0 Å². The van der Waals surface area contributed by atoms with E-state index in [4.69, 9.17) is 31.0 Å². The van der Waals surface area contributed by atoms with E-state index in [1.54, 1.807) is 0 Å². The van der Waals surface area contributed by atoms with E-state index in [0.29, 0.717) is 5.95 Å². The molecule has 3 aliphatic rings. The number of rotatable bonds is 3. The van der Waals surface area contributed by atoms with E-state index >= 15 is 0 Å². The summed E-state index contributed by atoms with van der Waals surface area (Å²) in [5.74, 6) is 3.80. The molecule has 5 aromatic heterocycles. The van der Waals surface area contributed by atoms with Gasteiger partial charge >= 0.3 is 0 Å². The summed E-state index contributed by atoms with van der Waals surface area (Å²) in [5, 5.41) is 14.7. The van der Waals surface area contributed by atoms with E-state index in [9.17, 15) is 0 Å². The molecule has 0 saturated carbocycles. The predicted octanol–water partition coefficient (Wildman–Crippen LogP) is 22.3. The number of para-hydroxylation sites is 7. The second-order valence-corrected chi connectivity index (χ2v) is 24.7. The quantitative estimate of drug-likeness (QED) is 0.164. The van der Waals surface area contributed by atoms with Crippen LogP contribution in [0.1, 0.15) is 11.1 Å². The van der Waals surface area contributed by atoms with Gasteiger partial charge in [-0.2, -0.15) is 0 Å². The number of halogens is 1. The van der Waals surface area contributed by atoms with Gasteiger partial charge in [0.05, 0.1) is 66.3 Å². The number of hydrogen-bond donors (Lipinski definition) is 0. The molecule has 0 bridgehead atoms. The molecule has 0 amide bonds. The topological polar surface area (TPSA) is 84.8 Å². The molecule has 2 aliphatic heterocycles. The number of hydrogen-bond acceptors (Lipinski definition) is 6. The first-order chi connectivity index (χ1) is 47.1. The van der Waals surface area contributed by atoms with E-state index in [0.717, 1.165) is 96.0 Å². The number of ether oxygens (including phenoxy) is 2. The van der Waals surface area contributed by atoms with Crippen molar-refractivity contribution in [1.82, 2.24) is 33.6 Å². The summed E-state index contributed by atoms with van der Waals surface area (Å²) >= 11 is 5.98. The van der Waals surface area contributed by atoms with E-state index in [2.05, 4.69) is 242 Å². The average molecular weight is 1240 g/mol. The Kier molecular flexibility index (Phi) is 11.7. The lowest BCUT2D eigenvalue weighted by molar-refractivity contribution is 0.486. The molecule has 444 valence electrons. The van der Waals surface area contributed by atoms with Crippen LogP contribution >= 0.6 is 11.6 Å². The van der Waals surface area contributed by atoms with Crippen LogP contribution in [0.4, 0.5) is 0 Å². The molecule has 10 heteroatoms. The van der Waals surface area contributed by atoms with Gasteiger partial charge in [-0.05, 0) is 142 Å². The highest BCUT2D eigenvalue weighted by Crippen LogP contribution is 2.52. The minimum atomic E-state index is 0.256. The lowest BCUT2D eigenvalue weighted by Gasteiger charge is -2.21. The molecule has 0 saturated heterocycles. The van der Waals surface area contributed by atoms with Crippen LogP contribution in [0.15, 0.2) is 291 Å². The van der Waals surface area contributed by atoms with Crippen molar-refractivity contribution in [3.8, 4) is 74.0 Å². The van der Waals surface area contributed by atoms with Gasteiger partial charge in [-0.1, -0.05) is 200 Å². The molecule has 9 nitrogen and oxygen atoms in total. The van der Waals surface area contributed by atoms with Gasteiger partial charge in [-0.3, -0.25) is 4.57 Å². The first-order valence-corrected chi connectivity index (χ1v) is 32.3. The first-order valence-electron chi connectivity index (χ1n) is 31.9. The summed E-state index contributed by atoms with van der Waals surface area (Å²) < 4.78 is 19.4. The third-order valence-corrected chi connectivity index (χ3v) is 19.5. The number of fused-ring (bicyclic) bond motifs is 24. The van der Waals surface area contributed by atoms with E-state index in [1.165, 1.54) is 98.4 Å². The maximum absolute atomic E-state index is 6.33. The highest BCUT2D eigenvalue weighted by atomic mass is 35.5. The lowest BCUT2D eigenvalue weighted by Crippen LogP contribution is -2.06. The van der Waals surface area contributed by atoms with Crippen LogP contribution in [0.2, 0.25) is 5.28 Å². The molecular weight excluding hydrogens is 1190 g/mol. The molecule has 95 heavy (non-hydrogen) atoms. The minimum absolute atomic E-state index is 0.256. The summed E-state index contributed by atoms with van der Waals surface area (Å²) in [7, 11) is 0. The lowest BCUT2D eigenvalue weighted by atomic mass is 9.93. The molecule has 0 radical (unpaired) electrons. The van der Waals surface area contributed by atoms with Gasteiger partial charge in [-0.15, -0.1) is 0 Å². The van der Waals surface area contributed by atoms with Crippen LogP contribution < -0.4 is 9.47 Å². The number of nitrogens with zero attached hydrogens (tertiary/aromatic N) is 7. The van der Waals surface area contributed by atoms with Gasteiger partial charge in [0.2, 0.25) is 11.2 Å². The zero-order chi connectivity index (χ0) is 62.4. The normalized spacial score (nSPS) is 12.4. The van der Waals surface area contributed by atoms with E-state index in [-0.39, 0.29) is 5.28 Å². The maximum Gasteiger partial charge on any atom is 0.235 e. The van der Waals surface area contributed by atoms with Gasteiger partial charge in [0.1, 0.15) is 23.0 Å². The SMILES string of the molecule is Clc1nc2c3c(cccc3n1)Oc1ccccc1-2.c1ccc(-n2c3ccccc3c3c2c2ccccc2c2c4ccccc4n(-c4nc5c6c(cccc6n4)Oc4ccccc4-5)c23)cc1.c1ccc(-n2c3ccccc3c3c4c(c5ccccc5c32)-c2ccccc2C4)cc1. The first kappa shape index (κ1) is 53.3. The zero-order valence-electron chi connectivity index (χ0n) is 50.7. The Labute approximate surface area is 548 Å². The second-order valence-electron chi connectivity index (χ2n) is 24.4. The fourth-order valence-electron chi connectivity index (χ4n) is 15.5. The van der Waals surface area contributed by atoms with E-state index in [1.807, 2.05) is 72.8 Å². The molecule has 1 aliphatic carbocycles. The largest absolute Gasteiger partial charge is 0.456 e. The third kappa shape index (κ3) is 7.91. The molecular formula is C85H50ClN7O2. The van der Waals surface area contributed by atoms with Crippen molar-refractivity contribution in [3.63, 3.8) is 0 Å². The van der Waals surface area contributed by atoms with Gasteiger partial charge in [0.15, 0.2) is 0 Å². The predicted molar refractivity (Wildman–Crippen MR) is 388 cm³/mol.